The van der Waals surface area contributed by atoms with Crippen molar-refractivity contribution in [3.63, 3.8) is 0 Å². The van der Waals surface area contributed by atoms with E-state index in [9.17, 15) is 14.4 Å². The van der Waals surface area contributed by atoms with Crippen molar-refractivity contribution in [3.8, 4) is 0 Å². The predicted octanol–water partition coefficient (Wildman–Crippen LogP) is 2.43. The first-order valence-corrected chi connectivity index (χ1v) is 10.4. The van der Waals surface area contributed by atoms with Crippen molar-refractivity contribution >= 4 is 29.5 Å². The molecular weight excluding hydrogens is 364 g/mol. The fourth-order valence-corrected chi connectivity index (χ4v) is 5.51. The molecule has 0 aliphatic carbocycles. The Kier molecular flexibility index (Phi) is 6.09. The molecule has 2 fully saturated rings. The van der Waals surface area contributed by atoms with E-state index < -0.39 is 16.9 Å². The quantitative estimate of drug-likeness (QED) is 0.724. The zero-order valence-corrected chi connectivity index (χ0v) is 16.6. The highest BCUT2D eigenvalue weighted by molar-refractivity contribution is 8.00. The third-order valence-electron chi connectivity index (χ3n) is 5.10. The molecule has 146 valence electrons. The molecule has 2 amide bonds. The van der Waals surface area contributed by atoms with Crippen molar-refractivity contribution in [2.24, 2.45) is 0 Å². The molecule has 0 spiro atoms. The lowest BCUT2D eigenvalue weighted by Crippen LogP contribution is -2.47. The van der Waals surface area contributed by atoms with Gasteiger partial charge in [-0.05, 0) is 25.3 Å². The average Bonchev–Trinajstić information content (AvgIpc) is 3.20. The van der Waals surface area contributed by atoms with Gasteiger partial charge in [-0.3, -0.25) is 9.59 Å². The molecule has 2 saturated heterocycles. The maximum Gasteiger partial charge on any atom is 0.330 e. The number of nitrogens with one attached hydrogen (secondary N) is 1. The van der Waals surface area contributed by atoms with Gasteiger partial charge in [-0.25, -0.2) is 4.79 Å². The van der Waals surface area contributed by atoms with Gasteiger partial charge in [-0.15, -0.1) is 11.8 Å². The smallest absolute Gasteiger partial charge is 0.330 e. The van der Waals surface area contributed by atoms with Crippen LogP contribution >= 0.6 is 11.8 Å². The third-order valence-corrected chi connectivity index (χ3v) is 6.70. The number of hydrogen-bond acceptors (Lipinski definition) is 5. The predicted molar refractivity (Wildman–Crippen MR) is 104 cm³/mol. The van der Waals surface area contributed by atoms with E-state index in [2.05, 4.69) is 5.32 Å². The number of carbonyl (C=O) groups excluding carboxylic acids is 3. The Balaban J connectivity index is 1.65. The minimum absolute atomic E-state index is 0.0353. The summed E-state index contributed by atoms with van der Waals surface area (Å²) in [6.07, 6.45) is 2.94. The van der Waals surface area contributed by atoms with Gasteiger partial charge in [0.2, 0.25) is 5.91 Å². The molecule has 0 aromatic heterocycles. The van der Waals surface area contributed by atoms with Crippen LogP contribution in [0.15, 0.2) is 30.3 Å². The first-order valence-electron chi connectivity index (χ1n) is 9.45. The summed E-state index contributed by atoms with van der Waals surface area (Å²) in [7, 11) is 0. The molecule has 0 bridgehead atoms. The van der Waals surface area contributed by atoms with Crippen molar-refractivity contribution < 1.29 is 19.1 Å². The third kappa shape index (κ3) is 3.98. The van der Waals surface area contributed by atoms with Crippen LogP contribution in [-0.4, -0.2) is 47.1 Å². The fourth-order valence-electron chi connectivity index (χ4n) is 3.87. The van der Waals surface area contributed by atoms with Gasteiger partial charge in [0.1, 0.15) is 10.9 Å². The lowest BCUT2D eigenvalue weighted by molar-refractivity contribution is -0.156. The normalized spacial score (nSPS) is 25.2. The number of fused-ring (bicyclic) bond motifs is 1. The van der Waals surface area contributed by atoms with Gasteiger partial charge in [0.05, 0.1) is 0 Å². The summed E-state index contributed by atoms with van der Waals surface area (Å²) in [4.78, 5) is 38.3. The first-order chi connectivity index (χ1) is 13.0. The zero-order valence-electron chi connectivity index (χ0n) is 15.8. The van der Waals surface area contributed by atoms with Gasteiger partial charge in [-0.2, -0.15) is 0 Å². The number of nitrogens with zero attached hydrogens (tertiary/aromatic N) is 1. The van der Waals surface area contributed by atoms with E-state index in [1.54, 1.807) is 16.7 Å². The van der Waals surface area contributed by atoms with Crippen molar-refractivity contribution in [2.75, 3.05) is 12.4 Å². The monoisotopic (exact) mass is 390 g/mol. The number of benzene rings is 1. The summed E-state index contributed by atoms with van der Waals surface area (Å²) in [6, 6.07) is 9.22. The molecule has 27 heavy (non-hydrogen) atoms. The number of hydrogen-bond donors (Lipinski definition) is 1. The molecule has 3 atom stereocenters. The average molecular weight is 391 g/mol. The highest BCUT2D eigenvalue weighted by Crippen LogP contribution is 2.54. The Morgan fingerprint density at radius 1 is 1.37 bits per heavy atom. The number of carbonyl (C=O) groups is 3. The Morgan fingerprint density at radius 2 is 2.11 bits per heavy atom. The van der Waals surface area contributed by atoms with E-state index in [4.69, 9.17) is 4.74 Å². The number of thioether (sulfide) groups is 1. The molecule has 1 N–H and O–H groups in total. The molecule has 6 nitrogen and oxygen atoms in total. The maximum atomic E-state index is 12.6. The standard InChI is InChI=1S/C20H26N2O4S/c1-3-7-14(2)21-17(23)12-26-19(25)16-13-27-20(11-10-18(24)22(16)20)15-8-5-4-6-9-15/h4-6,8-9,14,16H,3,7,10-13H2,1-2H3,(H,21,23)/t14-,16+,20+/m0/s1. The largest absolute Gasteiger partial charge is 0.454 e. The summed E-state index contributed by atoms with van der Waals surface area (Å²) in [5, 5.41) is 2.81. The summed E-state index contributed by atoms with van der Waals surface area (Å²) in [5.41, 5.74) is 1.03. The molecule has 0 radical (unpaired) electrons. The molecule has 7 heteroatoms. The van der Waals surface area contributed by atoms with Gasteiger partial charge in [0.15, 0.2) is 6.61 Å². The Hall–Kier alpha value is -2.02. The topological polar surface area (TPSA) is 75.7 Å². The fraction of sp³-hybridized carbons (Fsp3) is 0.550. The van der Waals surface area contributed by atoms with Crippen LogP contribution in [0, 0.1) is 0 Å². The SMILES string of the molecule is CCC[C@H](C)NC(=O)COC(=O)[C@H]1CS[C@@]2(c3ccccc3)CCC(=O)N12. The van der Waals surface area contributed by atoms with E-state index in [0.29, 0.717) is 18.6 Å². The van der Waals surface area contributed by atoms with Crippen LogP contribution in [-0.2, 0) is 24.0 Å². The molecule has 2 aliphatic rings. The van der Waals surface area contributed by atoms with Crippen LogP contribution < -0.4 is 5.32 Å². The van der Waals surface area contributed by atoms with Crippen molar-refractivity contribution in [1.82, 2.24) is 10.2 Å². The number of ether oxygens (including phenoxy) is 1. The second kappa shape index (κ2) is 8.33. The van der Waals surface area contributed by atoms with E-state index in [1.165, 1.54) is 0 Å². The molecule has 1 aromatic carbocycles. The number of esters is 1. The lowest BCUT2D eigenvalue weighted by atomic mass is 10.0. The van der Waals surface area contributed by atoms with Crippen molar-refractivity contribution in [1.29, 1.82) is 0 Å². The summed E-state index contributed by atoms with van der Waals surface area (Å²) < 4.78 is 5.25. The lowest BCUT2D eigenvalue weighted by Gasteiger charge is -2.33. The van der Waals surface area contributed by atoms with E-state index in [-0.39, 0.29) is 24.5 Å². The van der Waals surface area contributed by atoms with Crippen LogP contribution in [0.3, 0.4) is 0 Å². The Morgan fingerprint density at radius 3 is 2.81 bits per heavy atom. The summed E-state index contributed by atoms with van der Waals surface area (Å²) in [6.45, 7) is 3.66. The van der Waals surface area contributed by atoms with Crippen LogP contribution in [0.1, 0.15) is 45.1 Å². The Labute approximate surface area is 164 Å². The van der Waals surface area contributed by atoms with Crippen LogP contribution in [0.2, 0.25) is 0 Å². The first kappa shape index (κ1) is 19.7. The van der Waals surface area contributed by atoms with Crippen LogP contribution in [0.4, 0.5) is 0 Å². The molecule has 1 aromatic rings. The second-order valence-electron chi connectivity index (χ2n) is 7.11. The molecule has 2 aliphatic heterocycles. The molecular formula is C20H26N2O4S. The van der Waals surface area contributed by atoms with Crippen LogP contribution in [0.25, 0.3) is 0 Å². The highest BCUT2D eigenvalue weighted by Gasteiger charge is 2.57. The molecule has 0 unspecified atom stereocenters. The molecule has 2 heterocycles. The van der Waals surface area contributed by atoms with Crippen molar-refractivity contribution in [2.45, 2.75) is 56.5 Å². The van der Waals surface area contributed by atoms with E-state index >= 15 is 0 Å². The van der Waals surface area contributed by atoms with Crippen LogP contribution in [0.5, 0.6) is 0 Å². The second-order valence-corrected chi connectivity index (χ2v) is 8.40. The van der Waals surface area contributed by atoms with Gasteiger partial charge >= 0.3 is 5.97 Å². The summed E-state index contributed by atoms with van der Waals surface area (Å²) in [5.74, 6) is -0.370. The number of amides is 2. The van der Waals surface area contributed by atoms with Gasteiger partial charge in [0, 0.05) is 18.2 Å². The summed E-state index contributed by atoms with van der Waals surface area (Å²) >= 11 is 1.61. The Bertz CT molecular complexity index is 711. The minimum atomic E-state index is -0.647. The molecule has 0 saturated carbocycles. The van der Waals surface area contributed by atoms with Crippen molar-refractivity contribution in [3.05, 3.63) is 35.9 Å². The van der Waals surface area contributed by atoms with Gasteiger partial charge < -0.3 is 15.0 Å². The van der Waals surface area contributed by atoms with Gasteiger partial charge in [0.25, 0.3) is 5.91 Å². The maximum absolute atomic E-state index is 12.6. The zero-order chi connectivity index (χ0) is 19.4. The van der Waals surface area contributed by atoms with E-state index in [0.717, 1.165) is 18.4 Å². The van der Waals surface area contributed by atoms with Gasteiger partial charge in [-0.1, -0.05) is 43.7 Å². The highest BCUT2D eigenvalue weighted by atomic mass is 32.2. The molecule has 3 rings (SSSR count). The minimum Gasteiger partial charge on any atom is -0.454 e. The van der Waals surface area contributed by atoms with E-state index in [1.807, 2.05) is 44.2 Å². The number of rotatable bonds is 7.